The maximum absolute atomic E-state index is 13.8. The second-order valence-electron chi connectivity index (χ2n) is 14.9. The van der Waals surface area contributed by atoms with Gasteiger partial charge in [-0.1, -0.05) is 12.8 Å². The first kappa shape index (κ1) is 18.4. The smallest absolute Gasteiger partial charge is 0.0816 e. The number of rotatable bonds is 3. The lowest BCUT2D eigenvalue weighted by Gasteiger charge is -2.75. The second-order valence-corrected chi connectivity index (χ2v) is 14.9. The zero-order chi connectivity index (χ0) is 19.8. The van der Waals surface area contributed by atoms with Gasteiger partial charge in [-0.25, -0.2) is 0 Å². The summed E-state index contributed by atoms with van der Waals surface area (Å²) in [5, 5.41) is 13.8. The molecule has 1 N–H and O–H groups in total. The van der Waals surface area contributed by atoms with Crippen molar-refractivity contribution in [2.24, 2.45) is 57.7 Å². The van der Waals surface area contributed by atoms with E-state index in [2.05, 4.69) is 0 Å². The van der Waals surface area contributed by atoms with Crippen LogP contribution in [0.5, 0.6) is 0 Å². The van der Waals surface area contributed by atoms with E-state index in [-0.39, 0.29) is 5.60 Å². The van der Waals surface area contributed by atoms with Crippen LogP contribution in [-0.4, -0.2) is 10.7 Å². The van der Waals surface area contributed by atoms with Gasteiger partial charge in [0.2, 0.25) is 0 Å². The Morgan fingerprint density at radius 2 is 0.867 bits per heavy atom. The summed E-state index contributed by atoms with van der Waals surface area (Å²) < 4.78 is 0. The maximum atomic E-state index is 13.8. The predicted octanol–water partition coefficient (Wildman–Crippen LogP) is 7.12. The van der Waals surface area contributed by atoms with Crippen molar-refractivity contribution >= 4 is 0 Å². The lowest BCUT2D eigenvalue weighted by atomic mass is 9.32. The fourth-order valence-corrected chi connectivity index (χ4v) is 13.7. The van der Waals surface area contributed by atoms with E-state index in [1.165, 1.54) is 116 Å². The molecule has 10 rings (SSSR count). The van der Waals surface area contributed by atoms with Gasteiger partial charge in [0.1, 0.15) is 0 Å². The molecule has 0 amide bonds. The van der Waals surface area contributed by atoms with Crippen molar-refractivity contribution in [2.45, 2.75) is 121 Å². The monoisotopic (exact) mass is 408 g/mol. The van der Waals surface area contributed by atoms with Crippen LogP contribution < -0.4 is 0 Å². The third-order valence-corrected chi connectivity index (χ3v) is 13.4. The normalized spacial score (nSPS) is 62.1. The highest BCUT2D eigenvalue weighted by Gasteiger charge is 2.76. The molecule has 0 unspecified atom stereocenters. The summed E-state index contributed by atoms with van der Waals surface area (Å²) in [5.41, 5.74) is 0.584. The zero-order valence-electron chi connectivity index (χ0n) is 19.2. The first-order chi connectivity index (χ1) is 14.5. The van der Waals surface area contributed by atoms with Crippen LogP contribution in [0.4, 0.5) is 0 Å². The summed E-state index contributed by atoms with van der Waals surface area (Å²) in [6.07, 6.45) is 26.2. The maximum Gasteiger partial charge on any atom is 0.0816 e. The molecule has 10 fully saturated rings. The Balaban J connectivity index is 1.32. The minimum atomic E-state index is -0.325. The van der Waals surface area contributed by atoms with Crippen molar-refractivity contribution in [1.29, 1.82) is 0 Å². The highest BCUT2D eigenvalue weighted by molar-refractivity contribution is 5.26. The van der Waals surface area contributed by atoms with Crippen molar-refractivity contribution in [3.05, 3.63) is 0 Å². The van der Waals surface area contributed by atoms with Crippen LogP contribution in [0.1, 0.15) is 116 Å². The van der Waals surface area contributed by atoms with Crippen LogP contribution in [0.2, 0.25) is 0 Å². The zero-order valence-corrected chi connectivity index (χ0v) is 19.2. The van der Waals surface area contributed by atoms with E-state index in [0.717, 1.165) is 41.4 Å². The predicted molar refractivity (Wildman–Crippen MR) is 120 cm³/mol. The van der Waals surface area contributed by atoms with E-state index in [9.17, 15) is 5.11 Å². The summed E-state index contributed by atoms with van der Waals surface area (Å²) in [6.45, 7) is 0. The molecule has 30 heavy (non-hydrogen) atoms. The summed E-state index contributed by atoms with van der Waals surface area (Å²) in [6, 6.07) is 0. The highest BCUT2D eigenvalue weighted by Crippen LogP contribution is 2.78. The van der Waals surface area contributed by atoms with Crippen molar-refractivity contribution in [3.63, 3.8) is 0 Å². The Morgan fingerprint density at radius 1 is 0.467 bits per heavy atom. The van der Waals surface area contributed by atoms with Crippen molar-refractivity contribution < 1.29 is 5.11 Å². The third kappa shape index (κ3) is 2.08. The van der Waals surface area contributed by atoms with Gasteiger partial charge in [-0.05, 0) is 144 Å². The van der Waals surface area contributed by atoms with E-state index in [1.807, 2.05) is 0 Å². The van der Waals surface area contributed by atoms with Gasteiger partial charge in [0.25, 0.3) is 0 Å². The molecule has 1 heteroatoms. The Bertz CT molecular complexity index is 631. The van der Waals surface area contributed by atoms with E-state index in [4.69, 9.17) is 0 Å². The Hall–Kier alpha value is -0.0400. The SMILES string of the molecule is OC(C12CC3CC(CC(C3)C1)C2)(C12CC3CC(CC(C3)C1)C2)[C@@]12CCC[C@@H](CC1)C2. The fraction of sp³-hybridized carbons (Fsp3) is 1.00. The van der Waals surface area contributed by atoms with E-state index in [1.54, 1.807) is 0 Å². The molecule has 0 aromatic heterocycles. The molecule has 10 saturated carbocycles. The number of aliphatic hydroxyl groups is 1. The molecule has 0 heterocycles. The van der Waals surface area contributed by atoms with Crippen molar-refractivity contribution in [3.8, 4) is 0 Å². The number of fused-ring (bicyclic) bond motifs is 2. The lowest BCUT2D eigenvalue weighted by molar-refractivity contribution is -0.319. The van der Waals surface area contributed by atoms with Crippen LogP contribution in [0.25, 0.3) is 0 Å². The molecule has 10 aliphatic carbocycles. The first-order valence-electron chi connectivity index (χ1n) is 14.2. The van der Waals surface area contributed by atoms with Crippen LogP contribution >= 0.6 is 0 Å². The molecule has 0 spiro atoms. The van der Waals surface area contributed by atoms with Crippen molar-refractivity contribution in [2.75, 3.05) is 0 Å². The fourth-order valence-electron chi connectivity index (χ4n) is 13.7. The van der Waals surface area contributed by atoms with Crippen molar-refractivity contribution in [1.82, 2.24) is 0 Å². The summed E-state index contributed by atoms with van der Waals surface area (Å²) in [4.78, 5) is 0. The molecule has 0 aromatic rings. The minimum absolute atomic E-state index is 0.299. The average molecular weight is 409 g/mol. The molecule has 166 valence electrons. The number of hydrogen-bond donors (Lipinski definition) is 1. The van der Waals surface area contributed by atoms with Gasteiger partial charge < -0.3 is 5.11 Å². The van der Waals surface area contributed by atoms with E-state index >= 15 is 0 Å². The molecule has 0 aromatic carbocycles. The molecule has 10 bridgehead atoms. The standard InChI is InChI=1S/C29H44O/c30-29(26-4-1-2-19(12-26)3-5-26,27-13-20-6-21(14-27)8-22(7-20)15-27)28-16-23-9-24(17-28)11-25(10-23)18-28/h19-25,30H,1-18H2/t19-,20?,21?,22?,23?,24?,25?,26-,27?,28?,29?/m0/s1. The average Bonchev–Trinajstić information content (AvgIpc) is 3.00. The number of hydrogen-bond acceptors (Lipinski definition) is 1. The highest BCUT2D eigenvalue weighted by atomic mass is 16.3. The van der Waals surface area contributed by atoms with Gasteiger partial charge in [0.05, 0.1) is 5.60 Å². The Kier molecular flexibility index (Phi) is 3.50. The van der Waals surface area contributed by atoms with Crippen LogP contribution in [0, 0.1) is 57.7 Å². The molecule has 10 aliphatic rings. The van der Waals surface area contributed by atoms with Gasteiger partial charge in [0, 0.05) is 16.2 Å². The van der Waals surface area contributed by atoms with Crippen LogP contribution in [0.15, 0.2) is 0 Å². The third-order valence-electron chi connectivity index (χ3n) is 13.4. The molecular formula is C29H44O. The Morgan fingerprint density at radius 3 is 1.30 bits per heavy atom. The van der Waals surface area contributed by atoms with Gasteiger partial charge in [-0.2, -0.15) is 0 Å². The molecule has 1 nitrogen and oxygen atoms in total. The quantitative estimate of drug-likeness (QED) is 0.527. The largest absolute Gasteiger partial charge is 0.388 e. The van der Waals surface area contributed by atoms with Gasteiger partial charge in [-0.3, -0.25) is 0 Å². The summed E-state index contributed by atoms with van der Waals surface area (Å²) >= 11 is 0. The summed E-state index contributed by atoms with van der Waals surface area (Å²) in [5.74, 6) is 6.75. The van der Waals surface area contributed by atoms with Crippen LogP contribution in [0.3, 0.4) is 0 Å². The minimum Gasteiger partial charge on any atom is -0.388 e. The topological polar surface area (TPSA) is 20.2 Å². The summed E-state index contributed by atoms with van der Waals surface area (Å²) in [7, 11) is 0. The molecule has 2 atom stereocenters. The molecule has 0 aliphatic heterocycles. The second kappa shape index (κ2) is 5.71. The van der Waals surface area contributed by atoms with Crippen LogP contribution in [-0.2, 0) is 0 Å². The lowest BCUT2D eigenvalue weighted by Crippen LogP contribution is -2.74. The van der Waals surface area contributed by atoms with E-state index < -0.39 is 0 Å². The van der Waals surface area contributed by atoms with Gasteiger partial charge >= 0.3 is 0 Å². The molecule has 0 saturated heterocycles. The van der Waals surface area contributed by atoms with Gasteiger partial charge in [0.15, 0.2) is 0 Å². The van der Waals surface area contributed by atoms with Gasteiger partial charge in [-0.15, -0.1) is 0 Å². The van der Waals surface area contributed by atoms with E-state index in [0.29, 0.717) is 16.2 Å². The Labute approximate surface area is 184 Å². The molecule has 0 radical (unpaired) electrons. The first-order valence-corrected chi connectivity index (χ1v) is 14.2. The molecular weight excluding hydrogens is 364 g/mol.